The molecule has 0 saturated carbocycles. The highest BCUT2D eigenvalue weighted by atomic mass is 35.5. The number of ether oxygens (including phenoxy) is 1. The molecular formula is C24H24ClF3N6O2. The van der Waals surface area contributed by atoms with Gasteiger partial charge in [-0.15, -0.1) is 0 Å². The van der Waals surface area contributed by atoms with Crippen LogP contribution in [0.25, 0.3) is 11.0 Å². The summed E-state index contributed by atoms with van der Waals surface area (Å²) in [5.74, 6) is 0.147. The number of nitrogens with one attached hydrogen (secondary N) is 1. The van der Waals surface area contributed by atoms with Crippen LogP contribution in [0, 0.1) is 34.6 Å². The molecule has 0 aliphatic rings. The second kappa shape index (κ2) is 9.45. The van der Waals surface area contributed by atoms with Crippen molar-refractivity contribution in [2.45, 2.75) is 54.1 Å². The fourth-order valence-electron chi connectivity index (χ4n) is 3.97. The molecule has 0 aliphatic heterocycles. The van der Waals surface area contributed by atoms with Gasteiger partial charge in [0.1, 0.15) is 12.3 Å². The smallest absolute Gasteiger partial charge is 0.417 e. The number of pyridine rings is 1. The summed E-state index contributed by atoms with van der Waals surface area (Å²) < 4.78 is 49.3. The van der Waals surface area contributed by atoms with Crippen molar-refractivity contribution in [2.75, 3.05) is 5.32 Å². The molecule has 1 amide bonds. The number of hydrogen-bond acceptors (Lipinski definition) is 5. The van der Waals surface area contributed by atoms with E-state index in [1.165, 1.54) is 18.5 Å². The summed E-state index contributed by atoms with van der Waals surface area (Å²) in [6.45, 7) is 8.11. The number of amides is 1. The zero-order valence-corrected chi connectivity index (χ0v) is 21.0. The lowest BCUT2D eigenvalue weighted by atomic mass is 10.1. The Balaban J connectivity index is 1.53. The van der Waals surface area contributed by atoms with Crippen LogP contribution in [0.4, 0.5) is 18.9 Å². The molecule has 0 aliphatic carbocycles. The quantitative estimate of drug-likeness (QED) is 0.362. The Morgan fingerprint density at radius 1 is 1.06 bits per heavy atom. The largest absolute Gasteiger partial charge is 0.471 e. The summed E-state index contributed by atoms with van der Waals surface area (Å²) in [5, 5.41) is 11.9. The average Bonchev–Trinajstić information content (AvgIpc) is 3.23. The third kappa shape index (κ3) is 5.01. The lowest BCUT2D eigenvalue weighted by Crippen LogP contribution is -2.21. The van der Waals surface area contributed by atoms with Crippen molar-refractivity contribution in [1.29, 1.82) is 0 Å². The highest BCUT2D eigenvalue weighted by molar-refractivity contribution is 6.31. The second-order valence-corrected chi connectivity index (χ2v) is 8.94. The summed E-state index contributed by atoms with van der Waals surface area (Å²) in [5.41, 5.74) is 2.09. The fraction of sp³-hybridized carbons (Fsp3) is 0.333. The molecule has 0 saturated heterocycles. The van der Waals surface area contributed by atoms with Crippen molar-refractivity contribution in [3.8, 4) is 5.75 Å². The molecule has 3 aromatic heterocycles. The van der Waals surface area contributed by atoms with Gasteiger partial charge in [-0.3, -0.25) is 4.79 Å². The Bertz CT molecular complexity index is 1480. The monoisotopic (exact) mass is 520 g/mol. The van der Waals surface area contributed by atoms with Crippen molar-refractivity contribution in [2.24, 2.45) is 0 Å². The summed E-state index contributed by atoms with van der Waals surface area (Å²) in [6.07, 6.45) is -4.57. The number of nitrogens with zero attached hydrogens (tertiary/aromatic N) is 5. The number of benzene rings is 1. The van der Waals surface area contributed by atoms with E-state index in [4.69, 9.17) is 16.3 Å². The fourth-order valence-corrected chi connectivity index (χ4v) is 4.09. The predicted molar refractivity (Wildman–Crippen MR) is 129 cm³/mol. The highest BCUT2D eigenvalue weighted by Crippen LogP contribution is 2.36. The number of anilines is 1. The van der Waals surface area contributed by atoms with Crippen LogP contribution in [-0.4, -0.2) is 30.5 Å². The van der Waals surface area contributed by atoms with Crippen LogP contribution in [0.5, 0.6) is 5.75 Å². The van der Waals surface area contributed by atoms with E-state index >= 15 is 0 Å². The second-order valence-electron chi connectivity index (χ2n) is 8.53. The maximum Gasteiger partial charge on any atom is 0.417 e. The molecule has 12 heteroatoms. The van der Waals surface area contributed by atoms with Crippen molar-refractivity contribution >= 4 is 34.2 Å². The maximum absolute atomic E-state index is 13.6. The number of fused-ring (bicyclic) bond motifs is 1. The minimum absolute atomic E-state index is 0.00534. The summed E-state index contributed by atoms with van der Waals surface area (Å²) in [4.78, 5) is 17.1. The van der Waals surface area contributed by atoms with Crippen molar-refractivity contribution in [3.05, 3.63) is 63.2 Å². The highest BCUT2D eigenvalue weighted by Gasteiger charge is 2.35. The van der Waals surface area contributed by atoms with Gasteiger partial charge in [-0.2, -0.15) is 23.4 Å². The van der Waals surface area contributed by atoms with Crippen molar-refractivity contribution in [1.82, 2.24) is 24.5 Å². The number of rotatable bonds is 6. The molecule has 190 valence electrons. The first kappa shape index (κ1) is 25.5. The van der Waals surface area contributed by atoms with Crippen LogP contribution in [-0.2, 0) is 24.2 Å². The molecule has 4 rings (SSSR count). The number of halogens is 4. The first-order valence-corrected chi connectivity index (χ1v) is 11.4. The van der Waals surface area contributed by atoms with Gasteiger partial charge in [0.25, 0.3) is 0 Å². The summed E-state index contributed by atoms with van der Waals surface area (Å²) in [6, 6.07) is 6.29. The molecule has 0 bridgehead atoms. The van der Waals surface area contributed by atoms with E-state index in [9.17, 15) is 18.0 Å². The van der Waals surface area contributed by atoms with E-state index < -0.39 is 17.6 Å². The molecule has 1 N–H and O–H groups in total. The topological polar surface area (TPSA) is 86.9 Å². The Labute approximate surface area is 210 Å². The minimum atomic E-state index is -4.57. The van der Waals surface area contributed by atoms with Crippen molar-refractivity contribution < 1.29 is 22.7 Å². The number of aryl methyl sites for hydroxylation is 4. The number of alkyl halides is 3. The van der Waals surface area contributed by atoms with Crippen LogP contribution >= 0.6 is 11.6 Å². The van der Waals surface area contributed by atoms with Gasteiger partial charge < -0.3 is 10.1 Å². The van der Waals surface area contributed by atoms with Gasteiger partial charge in [0.15, 0.2) is 12.4 Å². The third-order valence-corrected chi connectivity index (χ3v) is 6.16. The first-order valence-electron chi connectivity index (χ1n) is 11.0. The molecule has 4 aromatic rings. The number of hydrogen-bond donors (Lipinski definition) is 1. The van der Waals surface area contributed by atoms with Gasteiger partial charge in [-0.05, 0) is 64.4 Å². The molecule has 0 radical (unpaired) electrons. The SMILES string of the molecule is Cc1cc(C(F)(F)F)c2c(C)nn(CC(=O)Nc3c(C)nn(COc4ccc(Cl)c(C)c4)c3C)c2n1. The van der Waals surface area contributed by atoms with Crippen LogP contribution in [0.1, 0.15) is 33.9 Å². The van der Waals surface area contributed by atoms with Crippen LogP contribution in [0.15, 0.2) is 24.3 Å². The molecule has 0 unspecified atom stereocenters. The van der Waals surface area contributed by atoms with Crippen LogP contribution in [0.3, 0.4) is 0 Å². The molecule has 36 heavy (non-hydrogen) atoms. The summed E-state index contributed by atoms with van der Waals surface area (Å²) in [7, 11) is 0. The summed E-state index contributed by atoms with van der Waals surface area (Å²) >= 11 is 6.05. The molecule has 1 aromatic carbocycles. The third-order valence-electron chi connectivity index (χ3n) is 5.73. The lowest BCUT2D eigenvalue weighted by molar-refractivity contribution is -0.136. The lowest BCUT2D eigenvalue weighted by Gasteiger charge is -2.11. The molecule has 0 fully saturated rings. The standard InChI is InChI=1S/C24H24ClF3N6O2/c1-12-8-17(6-7-19(12)25)36-11-34-16(5)22(15(4)32-34)30-20(35)10-33-23-21(14(3)31-33)18(24(26,27)28)9-13(2)29-23/h6-9H,10-11H2,1-5H3,(H,30,35). The van der Waals surface area contributed by atoms with Crippen LogP contribution in [0.2, 0.25) is 5.02 Å². The van der Waals surface area contributed by atoms with E-state index in [0.717, 1.165) is 11.6 Å². The zero-order valence-electron chi connectivity index (χ0n) is 20.3. The van der Waals surface area contributed by atoms with E-state index in [1.54, 1.807) is 30.7 Å². The van der Waals surface area contributed by atoms with E-state index in [1.807, 2.05) is 13.0 Å². The van der Waals surface area contributed by atoms with Gasteiger partial charge in [-0.1, -0.05) is 11.6 Å². The Morgan fingerprint density at radius 3 is 2.42 bits per heavy atom. The minimum Gasteiger partial charge on any atom is -0.471 e. The van der Waals surface area contributed by atoms with E-state index in [2.05, 4.69) is 20.5 Å². The molecule has 3 heterocycles. The Morgan fingerprint density at radius 2 is 1.75 bits per heavy atom. The predicted octanol–water partition coefficient (Wildman–Crippen LogP) is 5.52. The average molecular weight is 521 g/mol. The normalized spacial score (nSPS) is 11.8. The molecule has 0 atom stereocenters. The molecule has 8 nitrogen and oxygen atoms in total. The van der Waals surface area contributed by atoms with Gasteiger partial charge in [0, 0.05) is 10.7 Å². The van der Waals surface area contributed by atoms with Gasteiger partial charge in [-0.25, -0.2) is 14.3 Å². The van der Waals surface area contributed by atoms with Crippen LogP contribution < -0.4 is 10.1 Å². The van der Waals surface area contributed by atoms with Gasteiger partial charge in [0.2, 0.25) is 5.91 Å². The first-order chi connectivity index (χ1) is 16.8. The maximum atomic E-state index is 13.6. The van der Waals surface area contributed by atoms with E-state index in [0.29, 0.717) is 27.8 Å². The number of carbonyl (C=O) groups excluding carboxylic acids is 1. The molecule has 0 spiro atoms. The van der Waals surface area contributed by atoms with Crippen molar-refractivity contribution in [3.63, 3.8) is 0 Å². The molecular weight excluding hydrogens is 497 g/mol. The zero-order chi connectivity index (χ0) is 26.4. The van der Waals surface area contributed by atoms with Gasteiger partial charge in [0.05, 0.1) is 33.7 Å². The Kier molecular flexibility index (Phi) is 6.70. The van der Waals surface area contributed by atoms with E-state index in [-0.39, 0.29) is 35.7 Å². The Hall–Kier alpha value is -3.60. The van der Waals surface area contributed by atoms with Gasteiger partial charge >= 0.3 is 6.18 Å². The number of aromatic nitrogens is 5. The number of carbonyl (C=O) groups is 1.